The molecule has 1 heterocycles. The van der Waals surface area contributed by atoms with Crippen molar-refractivity contribution >= 4 is 34.6 Å². The van der Waals surface area contributed by atoms with E-state index in [4.69, 9.17) is 4.74 Å². The van der Waals surface area contributed by atoms with Gasteiger partial charge in [-0.05, 0) is 30.0 Å². The molecule has 7 nitrogen and oxygen atoms in total. The van der Waals surface area contributed by atoms with E-state index >= 15 is 0 Å². The van der Waals surface area contributed by atoms with Crippen LogP contribution in [0.15, 0.2) is 35.7 Å². The van der Waals surface area contributed by atoms with Crippen LogP contribution in [0.25, 0.3) is 0 Å². The first-order valence-electron chi connectivity index (χ1n) is 7.50. The number of ether oxygens (including phenoxy) is 1. The zero-order chi connectivity index (χ0) is 20.0. The van der Waals surface area contributed by atoms with Gasteiger partial charge in [0.1, 0.15) is 5.69 Å². The highest BCUT2D eigenvalue weighted by atomic mass is 32.1. The van der Waals surface area contributed by atoms with E-state index < -0.39 is 46.5 Å². The van der Waals surface area contributed by atoms with Crippen LogP contribution >= 0.6 is 11.3 Å². The van der Waals surface area contributed by atoms with Crippen LogP contribution in [-0.2, 0) is 26.9 Å². The van der Waals surface area contributed by atoms with E-state index in [1.165, 1.54) is 11.3 Å². The molecule has 0 atom stereocenters. The number of thiophene rings is 1. The number of carbonyl (C=O) groups is 2. The van der Waals surface area contributed by atoms with Crippen molar-refractivity contribution in [1.82, 2.24) is 0 Å². The molecule has 0 aliphatic carbocycles. The molecule has 1 aromatic carbocycles. The fourth-order valence-electron chi connectivity index (χ4n) is 2.05. The van der Waals surface area contributed by atoms with E-state index in [1.54, 1.807) is 0 Å². The number of aryl methyl sites for hydroxylation is 1. The number of nitrogens with one attached hydrogen (secondary N) is 1. The van der Waals surface area contributed by atoms with Gasteiger partial charge in [-0.3, -0.25) is 19.7 Å². The Labute approximate surface area is 154 Å². The van der Waals surface area contributed by atoms with Crippen molar-refractivity contribution in [1.29, 1.82) is 0 Å². The largest absolute Gasteiger partial charge is 0.456 e. The normalized spacial score (nSPS) is 11.1. The Morgan fingerprint density at radius 2 is 2.00 bits per heavy atom. The summed E-state index contributed by atoms with van der Waals surface area (Å²) in [6.45, 7) is -0.707. The summed E-state index contributed by atoms with van der Waals surface area (Å²) in [4.78, 5) is 34.2. The average Bonchev–Trinajstić information content (AvgIpc) is 3.10. The Morgan fingerprint density at radius 3 is 2.59 bits per heavy atom. The lowest BCUT2D eigenvalue weighted by molar-refractivity contribution is -0.384. The molecule has 0 radical (unpaired) electrons. The van der Waals surface area contributed by atoms with Gasteiger partial charge in [-0.25, -0.2) is 0 Å². The maximum Gasteiger partial charge on any atom is 0.416 e. The molecular weight excluding hydrogens is 389 g/mol. The molecular formula is C16H13F3N2O5S. The lowest BCUT2D eigenvalue weighted by atomic mass is 10.1. The highest BCUT2D eigenvalue weighted by molar-refractivity contribution is 7.09. The molecule has 11 heteroatoms. The van der Waals surface area contributed by atoms with Crippen molar-refractivity contribution < 1.29 is 32.4 Å². The maximum atomic E-state index is 12.6. The minimum absolute atomic E-state index is 0.0498. The van der Waals surface area contributed by atoms with E-state index in [0.717, 1.165) is 10.9 Å². The summed E-state index contributed by atoms with van der Waals surface area (Å²) in [6, 6.07) is 5.37. The first-order valence-corrected chi connectivity index (χ1v) is 8.38. The number of halogens is 3. The molecule has 1 amide bonds. The zero-order valence-corrected chi connectivity index (χ0v) is 14.4. The predicted molar refractivity (Wildman–Crippen MR) is 90.3 cm³/mol. The molecule has 2 rings (SSSR count). The fourth-order valence-corrected chi connectivity index (χ4v) is 2.76. The molecule has 0 saturated heterocycles. The van der Waals surface area contributed by atoms with Gasteiger partial charge in [-0.2, -0.15) is 13.2 Å². The molecule has 0 bridgehead atoms. The van der Waals surface area contributed by atoms with E-state index in [2.05, 4.69) is 5.32 Å². The highest BCUT2D eigenvalue weighted by Gasteiger charge is 2.33. The van der Waals surface area contributed by atoms with Crippen LogP contribution in [0, 0.1) is 10.1 Å². The summed E-state index contributed by atoms with van der Waals surface area (Å²) in [7, 11) is 0. The third kappa shape index (κ3) is 6.06. The van der Waals surface area contributed by atoms with Crippen LogP contribution in [-0.4, -0.2) is 23.4 Å². The van der Waals surface area contributed by atoms with Gasteiger partial charge in [-0.15, -0.1) is 11.3 Å². The standard InChI is InChI=1S/C16H13F3N2O5S/c17-16(18,19)10-3-5-12(13(8-10)21(24)25)20-14(22)9-26-15(23)6-4-11-2-1-7-27-11/h1-3,5,7-8H,4,6,9H2,(H,20,22). The van der Waals surface area contributed by atoms with Gasteiger partial charge in [0.25, 0.3) is 11.6 Å². The van der Waals surface area contributed by atoms with Gasteiger partial charge in [0.15, 0.2) is 6.61 Å². The number of nitro benzene ring substituents is 1. The van der Waals surface area contributed by atoms with Gasteiger partial charge in [-0.1, -0.05) is 6.07 Å². The number of hydrogen-bond donors (Lipinski definition) is 1. The zero-order valence-electron chi connectivity index (χ0n) is 13.6. The first-order chi connectivity index (χ1) is 12.7. The number of benzene rings is 1. The molecule has 0 fully saturated rings. The van der Waals surface area contributed by atoms with E-state index in [0.29, 0.717) is 18.6 Å². The first kappa shape index (κ1) is 20.4. The molecule has 0 saturated carbocycles. The number of hydrogen-bond acceptors (Lipinski definition) is 6. The molecule has 27 heavy (non-hydrogen) atoms. The van der Waals surface area contributed by atoms with Gasteiger partial charge < -0.3 is 10.1 Å². The summed E-state index contributed by atoms with van der Waals surface area (Å²) >= 11 is 1.47. The molecule has 144 valence electrons. The summed E-state index contributed by atoms with van der Waals surface area (Å²) in [6.07, 6.45) is -4.26. The molecule has 1 aromatic heterocycles. The third-order valence-corrected chi connectivity index (χ3v) is 4.25. The maximum absolute atomic E-state index is 12.6. The van der Waals surface area contributed by atoms with E-state index in [1.807, 2.05) is 17.5 Å². The Balaban J connectivity index is 1.92. The number of alkyl halides is 3. The number of amides is 1. The molecule has 0 unspecified atom stereocenters. The topological polar surface area (TPSA) is 98.5 Å². The Hall–Kier alpha value is -2.95. The predicted octanol–water partition coefficient (Wildman–Crippen LogP) is 3.79. The summed E-state index contributed by atoms with van der Waals surface area (Å²) in [5.41, 5.74) is -2.55. The number of carbonyl (C=O) groups excluding carboxylic acids is 2. The Bertz CT molecular complexity index is 837. The molecule has 1 N–H and O–H groups in total. The van der Waals surface area contributed by atoms with Crippen molar-refractivity contribution in [2.24, 2.45) is 0 Å². The lowest BCUT2D eigenvalue weighted by Crippen LogP contribution is -2.21. The van der Waals surface area contributed by atoms with Crippen LogP contribution in [0.4, 0.5) is 24.5 Å². The van der Waals surface area contributed by atoms with Crippen molar-refractivity contribution in [3.05, 3.63) is 56.3 Å². The van der Waals surface area contributed by atoms with E-state index in [-0.39, 0.29) is 6.42 Å². The van der Waals surface area contributed by atoms with Gasteiger partial charge in [0, 0.05) is 10.9 Å². The quantitative estimate of drug-likeness (QED) is 0.432. The van der Waals surface area contributed by atoms with Gasteiger partial charge >= 0.3 is 12.1 Å². The van der Waals surface area contributed by atoms with Crippen LogP contribution in [0.1, 0.15) is 16.9 Å². The molecule has 2 aromatic rings. The second-order valence-electron chi connectivity index (χ2n) is 5.28. The van der Waals surface area contributed by atoms with Gasteiger partial charge in [0.05, 0.1) is 16.9 Å². The smallest absolute Gasteiger partial charge is 0.416 e. The average molecular weight is 402 g/mol. The molecule has 0 aliphatic heterocycles. The number of nitrogens with zero attached hydrogens (tertiary/aromatic N) is 1. The van der Waals surface area contributed by atoms with Crippen molar-refractivity contribution in [3.63, 3.8) is 0 Å². The SMILES string of the molecule is O=C(COC(=O)CCc1cccs1)Nc1ccc(C(F)(F)F)cc1[N+](=O)[O-]. The highest BCUT2D eigenvalue weighted by Crippen LogP contribution is 2.34. The van der Waals surface area contributed by atoms with Crippen LogP contribution < -0.4 is 5.32 Å². The second-order valence-corrected chi connectivity index (χ2v) is 6.31. The Kier molecular flexibility index (Phi) is 6.50. The molecule has 0 aliphatic rings. The van der Waals surface area contributed by atoms with Crippen LogP contribution in [0.5, 0.6) is 0 Å². The summed E-state index contributed by atoms with van der Waals surface area (Å²) < 4.78 is 42.7. The second kappa shape index (κ2) is 8.62. The molecule has 0 spiro atoms. The lowest BCUT2D eigenvalue weighted by Gasteiger charge is -2.10. The summed E-state index contributed by atoms with van der Waals surface area (Å²) in [5, 5.41) is 14.9. The van der Waals surface area contributed by atoms with Crippen molar-refractivity contribution in [2.45, 2.75) is 19.0 Å². The number of rotatable bonds is 7. The summed E-state index contributed by atoms with van der Waals surface area (Å²) in [5.74, 6) is -1.54. The van der Waals surface area contributed by atoms with E-state index in [9.17, 15) is 32.9 Å². The van der Waals surface area contributed by atoms with Crippen LogP contribution in [0.3, 0.4) is 0 Å². The fraction of sp³-hybridized carbons (Fsp3) is 0.250. The Morgan fingerprint density at radius 1 is 1.26 bits per heavy atom. The van der Waals surface area contributed by atoms with Crippen LogP contribution in [0.2, 0.25) is 0 Å². The number of nitro groups is 1. The minimum Gasteiger partial charge on any atom is -0.456 e. The number of anilines is 1. The third-order valence-electron chi connectivity index (χ3n) is 3.32. The van der Waals surface area contributed by atoms with Crippen molar-refractivity contribution in [3.8, 4) is 0 Å². The monoisotopic (exact) mass is 402 g/mol. The van der Waals surface area contributed by atoms with Crippen molar-refractivity contribution in [2.75, 3.05) is 11.9 Å². The minimum atomic E-state index is -4.76. The number of esters is 1. The van der Waals surface area contributed by atoms with Gasteiger partial charge in [0.2, 0.25) is 0 Å².